The third-order valence-corrected chi connectivity index (χ3v) is 1.06. The summed E-state index contributed by atoms with van der Waals surface area (Å²) < 4.78 is 1.17. The summed E-state index contributed by atoms with van der Waals surface area (Å²) in [4.78, 5) is 20.3. The Morgan fingerprint density at radius 2 is 2.33 bits per heavy atom. The van der Waals surface area contributed by atoms with Crippen LogP contribution in [0.4, 0.5) is 0 Å². The minimum atomic E-state index is -0.134. The molecular weight excluding hydrogens is 138 g/mol. The van der Waals surface area contributed by atoms with Crippen molar-refractivity contribution in [1.29, 1.82) is 0 Å². The summed E-state index contributed by atoms with van der Waals surface area (Å²) in [6.45, 7) is 0. The van der Waals surface area contributed by atoms with Crippen LogP contribution in [0.5, 0.6) is 0 Å². The summed E-state index contributed by atoms with van der Waals surface area (Å²) >= 11 is 3.73. The molecular formula is C5H9NO2S. The summed E-state index contributed by atoms with van der Waals surface area (Å²) in [7, 11) is 1.54. The average molecular weight is 147 g/mol. The zero-order valence-corrected chi connectivity index (χ0v) is 6.10. The van der Waals surface area contributed by atoms with Crippen LogP contribution in [0.1, 0.15) is 12.8 Å². The van der Waals surface area contributed by atoms with Crippen molar-refractivity contribution >= 4 is 25.0 Å². The molecule has 0 aliphatic heterocycles. The van der Waals surface area contributed by atoms with E-state index < -0.39 is 0 Å². The molecule has 3 nitrogen and oxygen atoms in total. The van der Waals surface area contributed by atoms with Crippen molar-refractivity contribution in [2.24, 2.45) is 0 Å². The van der Waals surface area contributed by atoms with E-state index in [-0.39, 0.29) is 18.7 Å². The van der Waals surface area contributed by atoms with Crippen LogP contribution in [0.2, 0.25) is 0 Å². The molecule has 0 aliphatic carbocycles. The van der Waals surface area contributed by atoms with E-state index in [9.17, 15) is 9.59 Å². The average Bonchev–Trinajstić information content (AvgIpc) is 1.82. The van der Waals surface area contributed by atoms with E-state index >= 15 is 0 Å². The number of carbonyl (C=O) groups is 2. The Labute approximate surface area is 59.6 Å². The molecule has 0 aromatic heterocycles. The van der Waals surface area contributed by atoms with Crippen LogP contribution in [-0.4, -0.2) is 23.5 Å². The zero-order chi connectivity index (χ0) is 7.28. The molecule has 0 bridgehead atoms. The fourth-order valence-corrected chi connectivity index (χ4v) is 0.444. The number of nitrogens with zero attached hydrogens (tertiary/aromatic N) is 1. The smallest absolute Gasteiger partial charge is 0.232 e. The van der Waals surface area contributed by atoms with Crippen molar-refractivity contribution < 1.29 is 9.59 Å². The van der Waals surface area contributed by atoms with Gasteiger partial charge < -0.3 is 4.79 Å². The van der Waals surface area contributed by atoms with Gasteiger partial charge in [0.1, 0.15) is 6.29 Å². The fourth-order valence-electron chi connectivity index (χ4n) is 0.344. The summed E-state index contributed by atoms with van der Waals surface area (Å²) in [5.74, 6) is -0.134. The lowest BCUT2D eigenvalue weighted by atomic mass is 10.3. The van der Waals surface area contributed by atoms with Gasteiger partial charge in [-0.1, -0.05) is 12.8 Å². The van der Waals surface area contributed by atoms with Gasteiger partial charge in [0.05, 0.1) is 0 Å². The summed E-state index contributed by atoms with van der Waals surface area (Å²) in [5.41, 5.74) is 0. The van der Waals surface area contributed by atoms with Crippen LogP contribution in [-0.2, 0) is 9.59 Å². The molecule has 9 heavy (non-hydrogen) atoms. The Kier molecular flexibility index (Phi) is 4.13. The minimum Gasteiger partial charge on any atom is -0.303 e. The standard InChI is InChI=1S/C5H9NO2S/c1-6(9)5(8)3-2-4-7/h4,9H,2-3H2,1H3. The first-order chi connectivity index (χ1) is 4.18. The van der Waals surface area contributed by atoms with Crippen LogP contribution in [0.15, 0.2) is 0 Å². The van der Waals surface area contributed by atoms with Crippen molar-refractivity contribution in [3.8, 4) is 0 Å². The van der Waals surface area contributed by atoms with E-state index in [4.69, 9.17) is 0 Å². The molecule has 52 valence electrons. The van der Waals surface area contributed by atoms with Crippen molar-refractivity contribution in [3.63, 3.8) is 0 Å². The van der Waals surface area contributed by atoms with Crippen LogP contribution in [0.25, 0.3) is 0 Å². The van der Waals surface area contributed by atoms with Crippen LogP contribution in [0, 0.1) is 0 Å². The number of aldehydes is 1. The highest BCUT2D eigenvalue weighted by atomic mass is 32.1. The first-order valence-corrected chi connectivity index (χ1v) is 2.97. The molecule has 4 heteroatoms. The molecule has 0 aliphatic rings. The Morgan fingerprint density at radius 3 is 2.67 bits per heavy atom. The molecule has 1 amide bonds. The van der Waals surface area contributed by atoms with Gasteiger partial charge in [0.25, 0.3) is 0 Å². The minimum absolute atomic E-state index is 0.134. The molecule has 0 heterocycles. The maximum Gasteiger partial charge on any atom is 0.232 e. The number of rotatable bonds is 3. The van der Waals surface area contributed by atoms with Gasteiger partial charge in [0.2, 0.25) is 5.91 Å². The second kappa shape index (κ2) is 4.38. The molecule has 0 saturated carbocycles. The molecule has 0 unspecified atom stereocenters. The topological polar surface area (TPSA) is 37.4 Å². The van der Waals surface area contributed by atoms with Gasteiger partial charge in [0, 0.05) is 19.9 Å². The highest BCUT2D eigenvalue weighted by Crippen LogP contribution is 1.94. The Hall–Kier alpha value is -0.510. The predicted octanol–water partition coefficient (Wildman–Crippen LogP) is 0.269. The first kappa shape index (κ1) is 8.49. The molecule has 0 spiro atoms. The van der Waals surface area contributed by atoms with Gasteiger partial charge >= 0.3 is 0 Å². The zero-order valence-electron chi connectivity index (χ0n) is 5.20. The second-order valence-corrected chi connectivity index (χ2v) is 2.22. The van der Waals surface area contributed by atoms with E-state index in [2.05, 4.69) is 12.8 Å². The first-order valence-electron chi connectivity index (χ1n) is 2.57. The van der Waals surface area contributed by atoms with E-state index in [1.165, 1.54) is 11.4 Å². The molecule has 0 fully saturated rings. The van der Waals surface area contributed by atoms with E-state index in [1.54, 1.807) is 0 Å². The molecule has 0 atom stereocenters. The molecule has 0 radical (unpaired) electrons. The monoisotopic (exact) mass is 147 g/mol. The van der Waals surface area contributed by atoms with Crippen LogP contribution < -0.4 is 0 Å². The van der Waals surface area contributed by atoms with E-state index in [1.807, 2.05) is 0 Å². The fraction of sp³-hybridized carbons (Fsp3) is 0.600. The third kappa shape index (κ3) is 4.02. The normalized spacial score (nSPS) is 8.67. The maximum absolute atomic E-state index is 10.6. The summed E-state index contributed by atoms with van der Waals surface area (Å²) in [6, 6.07) is 0. The maximum atomic E-state index is 10.6. The Morgan fingerprint density at radius 1 is 1.78 bits per heavy atom. The summed E-state index contributed by atoms with van der Waals surface area (Å²) in [6.07, 6.45) is 1.25. The number of carbonyl (C=O) groups excluding carboxylic acids is 2. The lowest BCUT2D eigenvalue weighted by molar-refractivity contribution is -0.126. The number of thiol groups is 1. The number of hydrogen-bond acceptors (Lipinski definition) is 3. The lowest BCUT2D eigenvalue weighted by Gasteiger charge is -2.05. The third-order valence-electron chi connectivity index (χ3n) is 0.837. The number of hydrogen-bond donors (Lipinski definition) is 1. The van der Waals surface area contributed by atoms with Gasteiger partial charge in [-0.2, -0.15) is 0 Å². The Bertz CT molecular complexity index is 114. The van der Waals surface area contributed by atoms with Crippen molar-refractivity contribution in [1.82, 2.24) is 4.31 Å². The Balaban J connectivity index is 3.38. The SMILES string of the molecule is CN(S)C(=O)CCC=O. The van der Waals surface area contributed by atoms with E-state index in [0.717, 1.165) is 6.29 Å². The predicted molar refractivity (Wildman–Crippen MR) is 37.1 cm³/mol. The van der Waals surface area contributed by atoms with Gasteiger partial charge in [-0.25, -0.2) is 0 Å². The molecule has 0 rings (SSSR count). The number of amides is 1. The van der Waals surface area contributed by atoms with Gasteiger partial charge in [0.15, 0.2) is 0 Å². The molecule has 0 aromatic rings. The van der Waals surface area contributed by atoms with Crippen molar-refractivity contribution in [2.75, 3.05) is 7.05 Å². The second-order valence-electron chi connectivity index (χ2n) is 1.62. The van der Waals surface area contributed by atoms with E-state index in [0.29, 0.717) is 0 Å². The lowest BCUT2D eigenvalue weighted by Crippen LogP contribution is -2.15. The van der Waals surface area contributed by atoms with Crippen LogP contribution in [0.3, 0.4) is 0 Å². The molecule has 0 aromatic carbocycles. The highest BCUT2D eigenvalue weighted by molar-refractivity contribution is 7.78. The largest absolute Gasteiger partial charge is 0.303 e. The van der Waals surface area contributed by atoms with Gasteiger partial charge in [-0.05, 0) is 0 Å². The van der Waals surface area contributed by atoms with Gasteiger partial charge in [-0.3, -0.25) is 9.10 Å². The van der Waals surface area contributed by atoms with Gasteiger partial charge in [-0.15, -0.1) is 0 Å². The van der Waals surface area contributed by atoms with Crippen molar-refractivity contribution in [2.45, 2.75) is 12.8 Å². The molecule has 0 saturated heterocycles. The summed E-state index contributed by atoms with van der Waals surface area (Å²) in [5, 5.41) is 0. The van der Waals surface area contributed by atoms with Crippen LogP contribution >= 0.6 is 12.8 Å². The quantitative estimate of drug-likeness (QED) is 0.459. The molecule has 0 N–H and O–H groups in total. The highest BCUT2D eigenvalue weighted by Gasteiger charge is 2.01. The van der Waals surface area contributed by atoms with Crippen molar-refractivity contribution in [3.05, 3.63) is 0 Å².